The topological polar surface area (TPSA) is 38.3 Å². The van der Waals surface area contributed by atoms with E-state index in [1.807, 2.05) is 30.3 Å². The van der Waals surface area contributed by atoms with Crippen molar-refractivity contribution in [3.63, 3.8) is 0 Å². The van der Waals surface area contributed by atoms with Gasteiger partial charge < -0.3 is 4.74 Å². The van der Waals surface area contributed by atoms with E-state index in [2.05, 4.69) is 31.3 Å². The fourth-order valence-corrected chi connectivity index (χ4v) is 5.52. The number of ether oxygens (including phenoxy) is 1. The molecule has 0 spiro atoms. The van der Waals surface area contributed by atoms with Crippen molar-refractivity contribution in [1.29, 1.82) is 0 Å². The summed E-state index contributed by atoms with van der Waals surface area (Å²) in [6, 6.07) is 17.5. The van der Waals surface area contributed by atoms with Crippen molar-refractivity contribution in [2.24, 2.45) is 17.8 Å². The lowest BCUT2D eigenvalue weighted by molar-refractivity contribution is 0.0899. The Morgan fingerprint density at radius 3 is 2.22 bits per heavy atom. The van der Waals surface area contributed by atoms with Gasteiger partial charge in [0.25, 0.3) is 0 Å². The van der Waals surface area contributed by atoms with Gasteiger partial charge in [-0.25, -0.2) is 4.79 Å². The first-order valence-electron chi connectivity index (χ1n) is 10.1. The van der Waals surface area contributed by atoms with Crippen LogP contribution in [0.4, 0.5) is 10.5 Å². The van der Waals surface area contributed by atoms with E-state index in [1.54, 1.807) is 12.1 Å². The van der Waals surface area contributed by atoms with Crippen molar-refractivity contribution < 1.29 is 9.53 Å². The third-order valence-electron chi connectivity index (χ3n) is 6.40. The average Bonchev–Trinajstić information content (AvgIpc) is 2.61. The maximum Gasteiger partial charge on any atom is 0.417 e. The second-order valence-electron chi connectivity index (χ2n) is 8.92. The number of nitrogens with one attached hydrogen (secondary N) is 1. The van der Waals surface area contributed by atoms with Crippen molar-refractivity contribution >= 4 is 11.8 Å². The number of para-hydroxylation sites is 1. The monoisotopic (exact) mass is 363 g/mol. The van der Waals surface area contributed by atoms with Crippen LogP contribution in [0.3, 0.4) is 0 Å². The summed E-state index contributed by atoms with van der Waals surface area (Å²) < 4.78 is 5.29. The van der Waals surface area contributed by atoms with E-state index in [0.717, 1.165) is 23.4 Å². The molecule has 1 amide bonds. The molecule has 2 aliphatic rings. The summed E-state index contributed by atoms with van der Waals surface area (Å²) in [6.45, 7) is 4.84. The maximum atomic E-state index is 12.1. The zero-order chi connectivity index (χ0) is 18.9. The molecule has 0 aliphatic heterocycles. The van der Waals surface area contributed by atoms with Crippen LogP contribution in [0.5, 0.6) is 5.75 Å². The van der Waals surface area contributed by atoms with E-state index >= 15 is 0 Å². The van der Waals surface area contributed by atoms with Gasteiger partial charge in [0, 0.05) is 5.69 Å². The molecule has 2 aromatic rings. The molecule has 4 rings (SSSR count). The largest absolute Gasteiger partial charge is 0.417 e. The van der Waals surface area contributed by atoms with Gasteiger partial charge in [-0.1, -0.05) is 44.2 Å². The summed E-state index contributed by atoms with van der Waals surface area (Å²) in [5.74, 6) is 3.18. The van der Waals surface area contributed by atoms with E-state index in [-0.39, 0.29) is 5.41 Å². The number of rotatable bonds is 3. The van der Waals surface area contributed by atoms with Crippen LogP contribution in [0.25, 0.3) is 0 Å². The lowest BCUT2D eigenvalue weighted by Crippen LogP contribution is -2.38. The van der Waals surface area contributed by atoms with Crippen LogP contribution in [-0.4, -0.2) is 6.09 Å². The zero-order valence-corrected chi connectivity index (χ0v) is 16.3. The molecular formula is C24H29NO2. The highest BCUT2D eigenvalue weighted by Crippen LogP contribution is 2.51. The molecule has 2 saturated carbocycles. The smallest absolute Gasteiger partial charge is 0.410 e. The summed E-state index contributed by atoms with van der Waals surface area (Å²) in [5.41, 5.74) is 2.43. The third kappa shape index (κ3) is 4.18. The predicted octanol–water partition coefficient (Wildman–Crippen LogP) is 6.40. The molecule has 0 saturated heterocycles. The molecule has 2 atom stereocenters. The summed E-state index contributed by atoms with van der Waals surface area (Å²) >= 11 is 0. The molecule has 3 heteroatoms. The van der Waals surface area contributed by atoms with Gasteiger partial charge in [0.15, 0.2) is 0 Å². The molecular weight excluding hydrogens is 334 g/mol. The van der Waals surface area contributed by atoms with Crippen LogP contribution in [0, 0.1) is 17.8 Å². The molecule has 27 heavy (non-hydrogen) atoms. The standard InChI is InChI=1S/C24H29NO2/c1-17-12-18-14-19(13-17)16-24(2,15-18)20-8-10-21(11-9-20)25-23(26)27-22-6-4-3-5-7-22/h3-11,17-19H,12-16H2,1-2H3,(H,25,26). The number of hydrogen-bond acceptors (Lipinski definition) is 2. The zero-order valence-electron chi connectivity index (χ0n) is 16.3. The quantitative estimate of drug-likeness (QED) is 0.685. The molecule has 2 bridgehead atoms. The Balaban J connectivity index is 1.41. The van der Waals surface area contributed by atoms with Crippen molar-refractivity contribution in [3.05, 3.63) is 60.2 Å². The Morgan fingerprint density at radius 1 is 0.963 bits per heavy atom. The molecule has 0 radical (unpaired) electrons. The van der Waals surface area contributed by atoms with Crippen molar-refractivity contribution in [1.82, 2.24) is 0 Å². The first kappa shape index (κ1) is 18.1. The average molecular weight is 364 g/mol. The van der Waals surface area contributed by atoms with Gasteiger partial charge in [0.05, 0.1) is 0 Å². The van der Waals surface area contributed by atoms with Crippen LogP contribution in [-0.2, 0) is 5.41 Å². The SMILES string of the molecule is CC1CC2CC(C1)CC(C)(c1ccc(NC(=O)Oc3ccccc3)cc1)C2. The number of anilines is 1. The highest BCUT2D eigenvalue weighted by Gasteiger charge is 2.41. The van der Waals surface area contributed by atoms with Crippen LogP contribution in [0.1, 0.15) is 51.5 Å². The summed E-state index contributed by atoms with van der Waals surface area (Å²) in [4.78, 5) is 12.1. The number of carbonyl (C=O) groups is 1. The minimum atomic E-state index is -0.457. The molecule has 2 aromatic carbocycles. The summed E-state index contributed by atoms with van der Waals surface area (Å²) in [6.07, 6.45) is 6.31. The van der Waals surface area contributed by atoms with Crippen LogP contribution < -0.4 is 10.1 Å². The fraction of sp³-hybridized carbons (Fsp3) is 0.458. The number of fused-ring (bicyclic) bond motifs is 2. The Labute approximate surface area is 162 Å². The van der Waals surface area contributed by atoms with Gasteiger partial charge in [0.1, 0.15) is 5.75 Å². The minimum Gasteiger partial charge on any atom is -0.410 e. The first-order valence-corrected chi connectivity index (χ1v) is 10.1. The fourth-order valence-electron chi connectivity index (χ4n) is 5.52. The summed E-state index contributed by atoms with van der Waals surface area (Å²) in [5, 5.41) is 2.82. The van der Waals surface area contributed by atoms with Gasteiger partial charge >= 0.3 is 6.09 Å². The van der Waals surface area contributed by atoms with Crippen molar-refractivity contribution in [2.45, 2.75) is 51.4 Å². The highest BCUT2D eigenvalue weighted by molar-refractivity contribution is 5.86. The molecule has 0 aromatic heterocycles. The number of amides is 1. The van der Waals surface area contributed by atoms with Gasteiger partial charge in [-0.2, -0.15) is 0 Å². The maximum absolute atomic E-state index is 12.1. The lowest BCUT2D eigenvalue weighted by atomic mass is 9.57. The number of carbonyl (C=O) groups excluding carboxylic acids is 1. The van der Waals surface area contributed by atoms with E-state index in [0.29, 0.717) is 5.75 Å². The molecule has 2 unspecified atom stereocenters. The normalized spacial score (nSPS) is 29.8. The first-order chi connectivity index (χ1) is 13.0. The predicted molar refractivity (Wildman–Crippen MR) is 109 cm³/mol. The van der Waals surface area contributed by atoms with Crippen LogP contribution in [0.2, 0.25) is 0 Å². The highest BCUT2D eigenvalue weighted by atomic mass is 16.6. The van der Waals surface area contributed by atoms with Gasteiger partial charge in [-0.3, -0.25) is 5.32 Å². The Bertz CT molecular complexity index is 766. The lowest BCUT2D eigenvalue weighted by Gasteiger charge is -2.47. The molecule has 0 heterocycles. The molecule has 3 nitrogen and oxygen atoms in total. The number of benzene rings is 2. The van der Waals surface area contributed by atoms with Gasteiger partial charge in [0.2, 0.25) is 0 Å². The second-order valence-corrected chi connectivity index (χ2v) is 8.92. The van der Waals surface area contributed by atoms with Crippen molar-refractivity contribution in [3.8, 4) is 5.75 Å². The Hall–Kier alpha value is -2.29. The second kappa shape index (κ2) is 7.38. The molecule has 142 valence electrons. The van der Waals surface area contributed by atoms with Gasteiger partial charge in [-0.05, 0) is 85.1 Å². The Morgan fingerprint density at radius 2 is 1.59 bits per heavy atom. The van der Waals surface area contributed by atoms with Crippen LogP contribution in [0.15, 0.2) is 54.6 Å². The third-order valence-corrected chi connectivity index (χ3v) is 6.40. The summed E-state index contributed by atoms with van der Waals surface area (Å²) in [7, 11) is 0. The van der Waals surface area contributed by atoms with E-state index < -0.39 is 6.09 Å². The molecule has 1 N–H and O–H groups in total. The van der Waals surface area contributed by atoms with E-state index in [4.69, 9.17) is 4.74 Å². The Kier molecular flexibility index (Phi) is 4.94. The molecule has 2 aliphatic carbocycles. The molecule has 2 fully saturated rings. The van der Waals surface area contributed by atoms with Gasteiger partial charge in [-0.15, -0.1) is 0 Å². The number of hydrogen-bond donors (Lipinski definition) is 1. The van der Waals surface area contributed by atoms with Crippen LogP contribution >= 0.6 is 0 Å². The van der Waals surface area contributed by atoms with Crippen molar-refractivity contribution in [2.75, 3.05) is 5.32 Å². The van der Waals surface area contributed by atoms with E-state index in [1.165, 1.54) is 37.7 Å². The minimum absolute atomic E-state index is 0.261. The van der Waals surface area contributed by atoms with E-state index in [9.17, 15) is 4.79 Å².